The average molecular weight is 225 g/mol. The Morgan fingerprint density at radius 3 is 2.73 bits per heavy atom. The number of hydrogen-bond donors (Lipinski definition) is 0. The standard InChI is InChI=1S/C10H15N3OS/c1-2-12-4-6-13(7-5-12)10(14)9-11-3-8-15-9/h3,8H,2,4-7H2,1H3. The summed E-state index contributed by atoms with van der Waals surface area (Å²) >= 11 is 1.42. The van der Waals surface area contributed by atoms with Gasteiger partial charge in [-0.15, -0.1) is 11.3 Å². The Kier molecular flexibility index (Phi) is 3.33. The van der Waals surface area contributed by atoms with E-state index in [0.29, 0.717) is 5.01 Å². The van der Waals surface area contributed by atoms with Crippen molar-refractivity contribution >= 4 is 17.2 Å². The second-order valence-corrected chi connectivity index (χ2v) is 4.46. The van der Waals surface area contributed by atoms with Crippen LogP contribution in [0, 0.1) is 0 Å². The van der Waals surface area contributed by atoms with Crippen LogP contribution in [0.15, 0.2) is 11.6 Å². The molecule has 1 amide bonds. The molecule has 82 valence electrons. The average Bonchev–Trinajstić information content (AvgIpc) is 2.82. The summed E-state index contributed by atoms with van der Waals surface area (Å²) in [6.45, 7) is 6.83. The van der Waals surface area contributed by atoms with E-state index in [9.17, 15) is 4.79 Å². The first-order valence-electron chi connectivity index (χ1n) is 5.22. The van der Waals surface area contributed by atoms with Crippen molar-refractivity contribution in [1.82, 2.24) is 14.8 Å². The van der Waals surface area contributed by atoms with Crippen molar-refractivity contribution < 1.29 is 4.79 Å². The number of rotatable bonds is 2. The molecule has 0 saturated carbocycles. The number of hydrogen-bond acceptors (Lipinski definition) is 4. The summed E-state index contributed by atoms with van der Waals surface area (Å²) in [6, 6.07) is 0. The summed E-state index contributed by atoms with van der Waals surface area (Å²) in [4.78, 5) is 20.2. The van der Waals surface area contributed by atoms with Crippen LogP contribution in [0.5, 0.6) is 0 Å². The summed E-state index contributed by atoms with van der Waals surface area (Å²) in [5.41, 5.74) is 0. The van der Waals surface area contributed by atoms with Crippen molar-refractivity contribution in [2.24, 2.45) is 0 Å². The normalized spacial score (nSPS) is 18.1. The molecule has 5 heteroatoms. The lowest BCUT2D eigenvalue weighted by Gasteiger charge is -2.33. The highest BCUT2D eigenvalue weighted by Crippen LogP contribution is 2.10. The molecule has 2 rings (SSSR count). The monoisotopic (exact) mass is 225 g/mol. The van der Waals surface area contributed by atoms with Crippen LogP contribution >= 0.6 is 11.3 Å². The zero-order chi connectivity index (χ0) is 10.7. The fourth-order valence-electron chi connectivity index (χ4n) is 1.73. The number of likely N-dealkylation sites (N-methyl/N-ethyl adjacent to an activating group) is 1. The van der Waals surface area contributed by atoms with E-state index in [4.69, 9.17) is 0 Å². The van der Waals surface area contributed by atoms with Crippen LogP contribution in [0.2, 0.25) is 0 Å². The van der Waals surface area contributed by atoms with Gasteiger partial charge in [0, 0.05) is 37.8 Å². The van der Waals surface area contributed by atoms with E-state index in [1.807, 2.05) is 10.3 Å². The predicted octanol–water partition coefficient (Wildman–Crippen LogP) is 0.921. The molecular weight excluding hydrogens is 210 g/mol. The van der Waals surface area contributed by atoms with E-state index in [1.54, 1.807) is 6.20 Å². The van der Waals surface area contributed by atoms with E-state index in [0.717, 1.165) is 32.7 Å². The van der Waals surface area contributed by atoms with E-state index < -0.39 is 0 Å². The number of nitrogens with zero attached hydrogens (tertiary/aromatic N) is 3. The van der Waals surface area contributed by atoms with Gasteiger partial charge in [0.25, 0.3) is 5.91 Å². The highest BCUT2D eigenvalue weighted by molar-refractivity contribution is 7.11. The summed E-state index contributed by atoms with van der Waals surface area (Å²) in [5.74, 6) is 0.0840. The van der Waals surface area contributed by atoms with Gasteiger partial charge in [0.1, 0.15) is 0 Å². The Hall–Kier alpha value is -0.940. The molecule has 0 atom stereocenters. The van der Waals surface area contributed by atoms with Crippen LogP contribution in [-0.2, 0) is 0 Å². The Bertz CT molecular complexity index is 317. The molecule has 1 saturated heterocycles. The molecule has 0 spiro atoms. The number of aromatic nitrogens is 1. The van der Waals surface area contributed by atoms with E-state index in [1.165, 1.54) is 11.3 Å². The Labute approximate surface area is 93.5 Å². The lowest BCUT2D eigenvalue weighted by Crippen LogP contribution is -2.48. The molecule has 1 aromatic heterocycles. The fraction of sp³-hybridized carbons (Fsp3) is 0.600. The highest BCUT2D eigenvalue weighted by atomic mass is 32.1. The summed E-state index contributed by atoms with van der Waals surface area (Å²) in [7, 11) is 0. The van der Waals surface area contributed by atoms with Gasteiger partial charge in [-0.25, -0.2) is 4.98 Å². The number of piperazine rings is 1. The van der Waals surface area contributed by atoms with Crippen LogP contribution in [0.3, 0.4) is 0 Å². The maximum atomic E-state index is 11.9. The third kappa shape index (κ3) is 2.35. The zero-order valence-corrected chi connectivity index (χ0v) is 9.66. The van der Waals surface area contributed by atoms with Gasteiger partial charge in [-0.2, -0.15) is 0 Å². The number of carbonyl (C=O) groups excluding carboxylic acids is 1. The van der Waals surface area contributed by atoms with Gasteiger partial charge in [-0.3, -0.25) is 4.79 Å². The van der Waals surface area contributed by atoms with Gasteiger partial charge < -0.3 is 9.80 Å². The molecule has 1 aromatic rings. The first-order chi connectivity index (χ1) is 7.31. The first-order valence-corrected chi connectivity index (χ1v) is 6.10. The Balaban J connectivity index is 1.93. The molecule has 0 bridgehead atoms. The Morgan fingerprint density at radius 2 is 2.20 bits per heavy atom. The smallest absolute Gasteiger partial charge is 0.282 e. The molecule has 0 unspecified atom stereocenters. The van der Waals surface area contributed by atoms with Gasteiger partial charge in [0.2, 0.25) is 0 Å². The van der Waals surface area contributed by atoms with E-state index >= 15 is 0 Å². The maximum absolute atomic E-state index is 11.9. The van der Waals surface area contributed by atoms with Crippen molar-refractivity contribution in [1.29, 1.82) is 0 Å². The van der Waals surface area contributed by atoms with Crippen molar-refractivity contribution in [3.05, 3.63) is 16.6 Å². The van der Waals surface area contributed by atoms with Crippen molar-refractivity contribution in [2.45, 2.75) is 6.92 Å². The number of carbonyl (C=O) groups is 1. The van der Waals surface area contributed by atoms with Crippen LogP contribution in [-0.4, -0.2) is 53.4 Å². The summed E-state index contributed by atoms with van der Waals surface area (Å²) in [6.07, 6.45) is 1.68. The van der Waals surface area contributed by atoms with Gasteiger partial charge in [-0.1, -0.05) is 6.92 Å². The predicted molar refractivity (Wildman–Crippen MR) is 60.1 cm³/mol. The molecule has 4 nitrogen and oxygen atoms in total. The van der Waals surface area contributed by atoms with Gasteiger partial charge >= 0.3 is 0 Å². The molecule has 15 heavy (non-hydrogen) atoms. The lowest BCUT2D eigenvalue weighted by molar-refractivity contribution is 0.0643. The van der Waals surface area contributed by atoms with Crippen LogP contribution < -0.4 is 0 Å². The third-order valence-corrected chi connectivity index (χ3v) is 3.48. The number of amides is 1. The molecular formula is C10H15N3OS. The lowest BCUT2D eigenvalue weighted by atomic mass is 10.3. The molecule has 2 heterocycles. The molecule has 0 aromatic carbocycles. The van der Waals surface area contributed by atoms with Crippen molar-refractivity contribution in [3.8, 4) is 0 Å². The summed E-state index contributed by atoms with van der Waals surface area (Å²) in [5, 5.41) is 2.45. The Morgan fingerprint density at radius 1 is 1.47 bits per heavy atom. The summed E-state index contributed by atoms with van der Waals surface area (Å²) < 4.78 is 0. The minimum absolute atomic E-state index is 0.0840. The van der Waals surface area contributed by atoms with Crippen LogP contribution in [0.1, 0.15) is 16.7 Å². The minimum atomic E-state index is 0.0840. The molecule has 1 aliphatic rings. The molecule has 0 N–H and O–H groups in total. The largest absolute Gasteiger partial charge is 0.334 e. The SMILES string of the molecule is CCN1CCN(C(=O)c2nccs2)CC1. The van der Waals surface area contributed by atoms with Gasteiger partial charge in [-0.05, 0) is 6.54 Å². The second kappa shape index (κ2) is 4.72. The number of thiazole rings is 1. The van der Waals surface area contributed by atoms with Gasteiger partial charge in [0.05, 0.1) is 0 Å². The molecule has 1 aliphatic heterocycles. The fourth-order valence-corrected chi connectivity index (χ4v) is 2.33. The maximum Gasteiger partial charge on any atom is 0.282 e. The van der Waals surface area contributed by atoms with Crippen LogP contribution in [0.25, 0.3) is 0 Å². The second-order valence-electron chi connectivity index (χ2n) is 3.56. The zero-order valence-electron chi connectivity index (χ0n) is 8.85. The minimum Gasteiger partial charge on any atom is -0.334 e. The van der Waals surface area contributed by atoms with Crippen molar-refractivity contribution in [2.75, 3.05) is 32.7 Å². The highest BCUT2D eigenvalue weighted by Gasteiger charge is 2.22. The molecule has 0 aliphatic carbocycles. The van der Waals surface area contributed by atoms with Gasteiger partial charge in [0.15, 0.2) is 5.01 Å². The third-order valence-electron chi connectivity index (χ3n) is 2.72. The van der Waals surface area contributed by atoms with E-state index in [-0.39, 0.29) is 5.91 Å². The topological polar surface area (TPSA) is 36.4 Å². The first kappa shape index (κ1) is 10.6. The van der Waals surface area contributed by atoms with Crippen molar-refractivity contribution in [3.63, 3.8) is 0 Å². The van der Waals surface area contributed by atoms with Crippen LogP contribution in [0.4, 0.5) is 0 Å². The molecule has 1 fully saturated rings. The van der Waals surface area contributed by atoms with E-state index in [2.05, 4.69) is 16.8 Å². The quantitative estimate of drug-likeness (QED) is 0.751. The molecule has 0 radical (unpaired) electrons.